The van der Waals surface area contributed by atoms with Crippen molar-refractivity contribution in [3.63, 3.8) is 0 Å². The van der Waals surface area contributed by atoms with Gasteiger partial charge in [0.05, 0.1) is 4.90 Å². The van der Waals surface area contributed by atoms with E-state index < -0.39 is 10.0 Å². The Balaban J connectivity index is 1.37. The summed E-state index contributed by atoms with van der Waals surface area (Å²) in [5.74, 6) is 0.916. The summed E-state index contributed by atoms with van der Waals surface area (Å²) in [4.78, 5) is 12.8. The Kier molecular flexibility index (Phi) is 5.31. The first-order valence-corrected chi connectivity index (χ1v) is 11.1. The Morgan fingerprint density at radius 2 is 1.71 bits per heavy atom. The molecule has 0 atom stereocenters. The van der Waals surface area contributed by atoms with E-state index in [0.29, 0.717) is 43.1 Å². The van der Waals surface area contributed by atoms with Gasteiger partial charge in [-0.05, 0) is 49.2 Å². The number of amides is 1. The Morgan fingerprint density at radius 1 is 1.04 bits per heavy atom. The van der Waals surface area contributed by atoms with Gasteiger partial charge in [-0.25, -0.2) is 8.42 Å². The number of rotatable bonds is 4. The first-order chi connectivity index (χ1) is 13.4. The maximum Gasteiger partial charge on any atom is 0.243 e. The summed E-state index contributed by atoms with van der Waals surface area (Å²) in [5.41, 5.74) is 0.638. The molecule has 2 aliphatic rings. The number of halogens is 1. The van der Waals surface area contributed by atoms with Crippen LogP contribution in [-0.2, 0) is 14.8 Å². The number of sulfonamides is 1. The van der Waals surface area contributed by atoms with Crippen LogP contribution in [0.25, 0.3) is 0 Å². The van der Waals surface area contributed by atoms with Crippen molar-refractivity contribution in [2.75, 3.05) is 25.2 Å². The third-order valence-corrected chi connectivity index (χ3v) is 7.36. The van der Waals surface area contributed by atoms with Gasteiger partial charge in [0.15, 0.2) is 11.5 Å². The van der Waals surface area contributed by atoms with Crippen molar-refractivity contribution in [1.29, 1.82) is 0 Å². The van der Waals surface area contributed by atoms with Gasteiger partial charge in [0.25, 0.3) is 0 Å². The number of fused-ring (bicyclic) bond motifs is 1. The summed E-state index contributed by atoms with van der Waals surface area (Å²) in [5, 5.41) is 2.89. The van der Waals surface area contributed by atoms with Crippen LogP contribution in [0.1, 0.15) is 12.8 Å². The highest BCUT2D eigenvalue weighted by molar-refractivity contribution is 9.10. The first-order valence-electron chi connectivity index (χ1n) is 8.90. The molecule has 0 radical (unpaired) electrons. The maximum atomic E-state index is 12.8. The number of carbonyl (C=O) groups is 1. The van der Waals surface area contributed by atoms with Crippen LogP contribution in [0.5, 0.6) is 11.5 Å². The summed E-state index contributed by atoms with van der Waals surface area (Å²) >= 11 is 3.31. The van der Waals surface area contributed by atoms with E-state index in [2.05, 4.69) is 21.2 Å². The molecule has 9 heteroatoms. The predicted molar refractivity (Wildman–Crippen MR) is 107 cm³/mol. The van der Waals surface area contributed by atoms with Crippen LogP contribution in [0.4, 0.5) is 5.69 Å². The summed E-state index contributed by atoms with van der Waals surface area (Å²) in [6.45, 7) is 0.813. The van der Waals surface area contributed by atoms with Crippen molar-refractivity contribution in [2.24, 2.45) is 5.92 Å². The number of carbonyl (C=O) groups excluding carboxylic acids is 1. The van der Waals surface area contributed by atoms with Crippen LogP contribution in [0.15, 0.2) is 51.8 Å². The van der Waals surface area contributed by atoms with Gasteiger partial charge in [-0.15, -0.1) is 0 Å². The van der Waals surface area contributed by atoms with Gasteiger partial charge < -0.3 is 14.8 Å². The Bertz CT molecular complexity index is 986. The molecule has 0 saturated carbocycles. The zero-order chi connectivity index (χ0) is 19.7. The first kappa shape index (κ1) is 19.2. The molecule has 2 aromatic rings. The van der Waals surface area contributed by atoms with Crippen LogP contribution in [-0.4, -0.2) is 38.5 Å². The molecule has 0 unspecified atom stereocenters. The van der Waals surface area contributed by atoms with Gasteiger partial charge in [-0.2, -0.15) is 4.31 Å². The topological polar surface area (TPSA) is 84.9 Å². The largest absolute Gasteiger partial charge is 0.454 e. The minimum atomic E-state index is -3.54. The Labute approximate surface area is 171 Å². The molecular weight excluding hydrogens is 448 g/mol. The fourth-order valence-electron chi connectivity index (χ4n) is 3.33. The number of benzene rings is 2. The molecule has 7 nitrogen and oxygen atoms in total. The van der Waals surface area contributed by atoms with Gasteiger partial charge in [0.2, 0.25) is 22.7 Å². The molecule has 148 valence electrons. The standard InChI is InChI=1S/C19H19BrN2O5S/c20-14-1-4-16(5-2-14)28(24,25)22-9-7-13(8-10-22)19(23)21-15-3-6-17-18(11-15)27-12-26-17/h1-6,11,13H,7-10,12H2,(H,21,23). The van der Waals surface area contributed by atoms with Crippen molar-refractivity contribution in [3.8, 4) is 11.5 Å². The molecule has 28 heavy (non-hydrogen) atoms. The molecule has 0 aromatic heterocycles. The average molecular weight is 467 g/mol. The molecule has 2 heterocycles. The van der Waals surface area contributed by atoms with Crippen LogP contribution in [0.2, 0.25) is 0 Å². The number of anilines is 1. The van der Waals surface area contributed by atoms with Gasteiger partial charge in [0.1, 0.15) is 0 Å². The second-order valence-corrected chi connectivity index (χ2v) is 9.54. The minimum absolute atomic E-state index is 0.112. The fourth-order valence-corrected chi connectivity index (χ4v) is 5.07. The highest BCUT2D eigenvalue weighted by Crippen LogP contribution is 2.34. The van der Waals surface area contributed by atoms with Crippen molar-refractivity contribution >= 4 is 37.5 Å². The number of hydrogen-bond donors (Lipinski definition) is 1. The zero-order valence-corrected chi connectivity index (χ0v) is 17.3. The SMILES string of the molecule is O=C(Nc1ccc2c(c1)OCO2)C1CCN(S(=O)(=O)c2ccc(Br)cc2)CC1. The Hall–Kier alpha value is -2.10. The van der Waals surface area contributed by atoms with E-state index in [9.17, 15) is 13.2 Å². The summed E-state index contributed by atoms with van der Waals surface area (Å²) in [7, 11) is -3.54. The second kappa shape index (κ2) is 7.73. The minimum Gasteiger partial charge on any atom is -0.454 e. The van der Waals surface area contributed by atoms with E-state index in [1.165, 1.54) is 4.31 Å². The molecule has 1 fully saturated rings. The van der Waals surface area contributed by atoms with Crippen molar-refractivity contribution in [3.05, 3.63) is 46.9 Å². The monoisotopic (exact) mass is 466 g/mol. The van der Waals surface area contributed by atoms with E-state index >= 15 is 0 Å². The van der Waals surface area contributed by atoms with E-state index in [4.69, 9.17) is 9.47 Å². The lowest BCUT2D eigenvalue weighted by Gasteiger charge is -2.30. The summed E-state index contributed by atoms with van der Waals surface area (Å²) in [6.07, 6.45) is 0.957. The van der Waals surface area contributed by atoms with E-state index in [0.717, 1.165) is 4.47 Å². The molecule has 0 bridgehead atoms. The normalized spacial score (nSPS) is 17.5. The lowest BCUT2D eigenvalue weighted by molar-refractivity contribution is -0.120. The van der Waals surface area contributed by atoms with Crippen molar-refractivity contribution < 1.29 is 22.7 Å². The quantitative estimate of drug-likeness (QED) is 0.747. The van der Waals surface area contributed by atoms with Crippen LogP contribution < -0.4 is 14.8 Å². The number of nitrogens with one attached hydrogen (secondary N) is 1. The van der Waals surface area contributed by atoms with E-state index in [-0.39, 0.29) is 23.5 Å². The van der Waals surface area contributed by atoms with Gasteiger partial charge in [0, 0.05) is 35.2 Å². The van der Waals surface area contributed by atoms with E-state index in [1.54, 1.807) is 42.5 Å². The average Bonchev–Trinajstić information content (AvgIpc) is 3.16. The summed E-state index contributed by atoms with van der Waals surface area (Å²) < 4.78 is 38.4. The molecule has 0 aliphatic carbocycles. The van der Waals surface area contributed by atoms with Crippen molar-refractivity contribution in [1.82, 2.24) is 4.31 Å². The molecule has 1 amide bonds. The highest BCUT2D eigenvalue weighted by atomic mass is 79.9. The number of nitrogens with zero attached hydrogens (tertiary/aromatic N) is 1. The van der Waals surface area contributed by atoms with Crippen LogP contribution in [0, 0.1) is 5.92 Å². The lowest BCUT2D eigenvalue weighted by atomic mass is 9.97. The third kappa shape index (κ3) is 3.87. The molecule has 0 spiro atoms. The van der Waals surface area contributed by atoms with Crippen LogP contribution >= 0.6 is 15.9 Å². The van der Waals surface area contributed by atoms with Gasteiger partial charge in [-0.3, -0.25) is 4.79 Å². The zero-order valence-electron chi connectivity index (χ0n) is 14.9. The van der Waals surface area contributed by atoms with Gasteiger partial charge in [-0.1, -0.05) is 15.9 Å². The third-order valence-electron chi connectivity index (χ3n) is 4.92. The highest BCUT2D eigenvalue weighted by Gasteiger charge is 2.32. The molecule has 1 saturated heterocycles. The molecular formula is C19H19BrN2O5S. The molecule has 1 N–H and O–H groups in total. The van der Waals surface area contributed by atoms with Crippen molar-refractivity contribution in [2.45, 2.75) is 17.7 Å². The lowest BCUT2D eigenvalue weighted by Crippen LogP contribution is -2.41. The molecule has 2 aromatic carbocycles. The van der Waals surface area contributed by atoms with Crippen LogP contribution in [0.3, 0.4) is 0 Å². The molecule has 4 rings (SSSR count). The number of hydrogen-bond acceptors (Lipinski definition) is 5. The molecule has 2 aliphatic heterocycles. The number of ether oxygens (including phenoxy) is 2. The fraction of sp³-hybridized carbons (Fsp3) is 0.316. The second-order valence-electron chi connectivity index (χ2n) is 6.69. The number of piperidine rings is 1. The van der Waals surface area contributed by atoms with Gasteiger partial charge >= 0.3 is 0 Å². The summed E-state index contributed by atoms with van der Waals surface area (Å²) in [6, 6.07) is 11.8. The smallest absolute Gasteiger partial charge is 0.243 e. The maximum absolute atomic E-state index is 12.8. The predicted octanol–water partition coefficient (Wildman–Crippen LogP) is 3.22. The Morgan fingerprint density at radius 3 is 2.43 bits per heavy atom. The van der Waals surface area contributed by atoms with E-state index in [1.807, 2.05) is 0 Å².